The zero-order valence-electron chi connectivity index (χ0n) is 11.2. The van der Waals surface area contributed by atoms with Crippen LogP contribution in [0, 0.1) is 11.3 Å². The molecule has 0 fully saturated rings. The van der Waals surface area contributed by atoms with Gasteiger partial charge in [0.2, 0.25) is 0 Å². The Hall–Kier alpha value is -2.41. The van der Waals surface area contributed by atoms with Gasteiger partial charge in [-0.2, -0.15) is 10.4 Å². The molecule has 0 amide bonds. The molecule has 0 aliphatic heterocycles. The molecule has 4 nitrogen and oxygen atoms in total. The minimum Gasteiger partial charge on any atom is -0.436 e. The number of rotatable bonds is 2. The molecule has 1 aromatic heterocycles. The van der Waals surface area contributed by atoms with Crippen LogP contribution in [0.25, 0.3) is 0 Å². The fourth-order valence-electron chi connectivity index (χ4n) is 1.76. The van der Waals surface area contributed by atoms with Crippen molar-refractivity contribution in [2.45, 2.75) is 26.2 Å². The summed E-state index contributed by atoms with van der Waals surface area (Å²) in [7, 11) is 0. The molecule has 1 aromatic carbocycles. The van der Waals surface area contributed by atoms with Gasteiger partial charge < -0.3 is 4.74 Å². The van der Waals surface area contributed by atoms with E-state index in [1.165, 1.54) is 6.20 Å². The fourth-order valence-corrected chi connectivity index (χ4v) is 1.76. The molecule has 0 atom stereocenters. The van der Waals surface area contributed by atoms with Crippen LogP contribution < -0.4 is 4.74 Å². The van der Waals surface area contributed by atoms with Gasteiger partial charge in [0, 0.05) is 5.56 Å². The van der Waals surface area contributed by atoms with Crippen molar-refractivity contribution in [3.63, 3.8) is 0 Å². The van der Waals surface area contributed by atoms with Crippen molar-refractivity contribution >= 4 is 0 Å². The van der Waals surface area contributed by atoms with E-state index < -0.39 is 0 Å². The molecular formula is C15H15N3O. The maximum atomic E-state index is 9.03. The second-order valence-corrected chi connectivity index (χ2v) is 5.21. The van der Waals surface area contributed by atoms with Crippen LogP contribution in [0.1, 0.15) is 31.9 Å². The molecule has 0 bridgehead atoms. The lowest BCUT2D eigenvalue weighted by Gasteiger charge is -2.22. The number of nitrogens with zero attached hydrogens (tertiary/aromatic N) is 3. The Kier molecular flexibility index (Phi) is 3.48. The lowest BCUT2D eigenvalue weighted by Crippen LogP contribution is -2.12. The lowest BCUT2D eigenvalue weighted by molar-refractivity contribution is 0.432. The number of benzene rings is 1. The molecule has 96 valence electrons. The minimum atomic E-state index is -0.0500. The average Bonchev–Trinajstić information content (AvgIpc) is 2.39. The van der Waals surface area contributed by atoms with E-state index >= 15 is 0 Å². The fraction of sp³-hybridized carbons (Fsp3) is 0.267. The summed E-state index contributed by atoms with van der Waals surface area (Å²) in [5.74, 6) is 0.939. The zero-order chi connectivity index (χ0) is 13.9. The Bertz CT molecular complexity index is 624. The van der Waals surface area contributed by atoms with Crippen molar-refractivity contribution in [2.75, 3.05) is 0 Å². The van der Waals surface area contributed by atoms with Gasteiger partial charge in [0.25, 0.3) is 5.88 Å². The predicted molar refractivity (Wildman–Crippen MR) is 72.0 cm³/mol. The van der Waals surface area contributed by atoms with Crippen LogP contribution in [0.2, 0.25) is 0 Å². The molecule has 2 aromatic rings. The maximum absolute atomic E-state index is 9.03. The number of hydrogen-bond acceptors (Lipinski definition) is 4. The Labute approximate surface area is 112 Å². The van der Waals surface area contributed by atoms with Gasteiger partial charge >= 0.3 is 0 Å². The van der Waals surface area contributed by atoms with Gasteiger partial charge in [-0.3, -0.25) is 0 Å². The summed E-state index contributed by atoms with van der Waals surface area (Å²) in [4.78, 5) is 0. The first-order valence-corrected chi connectivity index (χ1v) is 6.01. The van der Waals surface area contributed by atoms with E-state index in [1.54, 1.807) is 6.07 Å². The summed E-state index contributed by atoms with van der Waals surface area (Å²) in [6.07, 6.45) is 1.47. The number of ether oxygens (including phenoxy) is 1. The first-order valence-electron chi connectivity index (χ1n) is 6.01. The van der Waals surface area contributed by atoms with Crippen molar-refractivity contribution in [2.24, 2.45) is 0 Å². The second-order valence-electron chi connectivity index (χ2n) is 5.21. The molecule has 0 aliphatic rings. The molecular weight excluding hydrogens is 238 g/mol. The maximum Gasteiger partial charge on any atom is 0.256 e. The Morgan fingerprint density at radius 2 is 1.89 bits per heavy atom. The molecule has 4 heteroatoms. The SMILES string of the molecule is CC(C)(C)c1ccccc1Oc1nnccc1C#N. The molecule has 0 saturated heterocycles. The first-order chi connectivity index (χ1) is 9.02. The van der Waals surface area contributed by atoms with E-state index in [0.29, 0.717) is 11.3 Å². The Morgan fingerprint density at radius 3 is 2.58 bits per heavy atom. The van der Waals surface area contributed by atoms with Crippen LogP contribution in [0.15, 0.2) is 36.5 Å². The summed E-state index contributed by atoms with van der Waals surface area (Å²) in [5, 5.41) is 16.7. The van der Waals surface area contributed by atoms with Gasteiger partial charge in [0.15, 0.2) is 0 Å². The van der Waals surface area contributed by atoms with E-state index in [0.717, 1.165) is 5.56 Å². The normalized spacial score (nSPS) is 10.8. The van der Waals surface area contributed by atoms with E-state index in [9.17, 15) is 0 Å². The summed E-state index contributed by atoms with van der Waals surface area (Å²) in [6.45, 7) is 6.32. The second kappa shape index (κ2) is 5.07. The first kappa shape index (κ1) is 13.0. The molecule has 0 radical (unpaired) electrons. The average molecular weight is 253 g/mol. The van der Waals surface area contributed by atoms with Crippen molar-refractivity contribution in [1.29, 1.82) is 5.26 Å². The number of aromatic nitrogens is 2. The lowest BCUT2D eigenvalue weighted by atomic mass is 9.86. The largest absolute Gasteiger partial charge is 0.436 e. The number of hydrogen-bond donors (Lipinski definition) is 0. The Balaban J connectivity index is 2.43. The van der Waals surface area contributed by atoms with Crippen LogP contribution >= 0.6 is 0 Å². The molecule has 1 heterocycles. The van der Waals surface area contributed by atoms with Crippen molar-refractivity contribution in [3.05, 3.63) is 47.7 Å². The highest BCUT2D eigenvalue weighted by molar-refractivity contribution is 5.43. The van der Waals surface area contributed by atoms with Crippen LogP contribution in [0.4, 0.5) is 0 Å². The van der Waals surface area contributed by atoms with Crippen molar-refractivity contribution < 1.29 is 4.74 Å². The summed E-state index contributed by atoms with van der Waals surface area (Å²) >= 11 is 0. The van der Waals surface area contributed by atoms with E-state index in [2.05, 4.69) is 31.0 Å². The third kappa shape index (κ3) is 2.89. The highest BCUT2D eigenvalue weighted by Crippen LogP contribution is 2.33. The van der Waals surface area contributed by atoms with E-state index in [4.69, 9.17) is 10.00 Å². The summed E-state index contributed by atoms with van der Waals surface area (Å²) in [6, 6.07) is 11.4. The van der Waals surface area contributed by atoms with Crippen LogP contribution in [-0.4, -0.2) is 10.2 Å². The predicted octanol–water partition coefficient (Wildman–Crippen LogP) is 3.44. The molecule has 2 rings (SSSR count). The zero-order valence-corrected chi connectivity index (χ0v) is 11.2. The molecule has 0 spiro atoms. The monoisotopic (exact) mass is 253 g/mol. The van der Waals surface area contributed by atoms with Gasteiger partial charge in [-0.25, -0.2) is 0 Å². The summed E-state index contributed by atoms with van der Waals surface area (Å²) in [5.41, 5.74) is 1.38. The van der Waals surface area contributed by atoms with Crippen LogP contribution in [-0.2, 0) is 5.41 Å². The minimum absolute atomic E-state index is 0.0500. The number of para-hydroxylation sites is 1. The summed E-state index contributed by atoms with van der Waals surface area (Å²) < 4.78 is 5.76. The molecule has 19 heavy (non-hydrogen) atoms. The van der Waals surface area contributed by atoms with Gasteiger partial charge in [-0.15, -0.1) is 5.10 Å². The van der Waals surface area contributed by atoms with E-state index in [1.807, 2.05) is 30.3 Å². The molecule has 0 saturated carbocycles. The van der Waals surface area contributed by atoms with Gasteiger partial charge in [-0.05, 0) is 17.5 Å². The standard InChI is InChI=1S/C15H15N3O/c1-15(2,3)12-6-4-5-7-13(12)19-14-11(10-16)8-9-17-18-14/h4-9H,1-3H3. The van der Waals surface area contributed by atoms with E-state index in [-0.39, 0.29) is 11.3 Å². The van der Waals surface area contributed by atoms with Crippen LogP contribution in [0.5, 0.6) is 11.6 Å². The topological polar surface area (TPSA) is 58.8 Å². The molecule has 0 N–H and O–H groups in total. The van der Waals surface area contributed by atoms with Crippen molar-refractivity contribution in [1.82, 2.24) is 10.2 Å². The van der Waals surface area contributed by atoms with Gasteiger partial charge in [0.05, 0.1) is 6.20 Å². The van der Waals surface area contributed by atoms with Crippen LogP contribution in [0.3, 0.4) is 0 Å². The third-order valence-corrected chi connectivity index (χ3v) is 2.71. The smallest absolute Gasteiger partial charge is 0.256 e. The highest BCUT2D eigenvalue weighted by Gasteiger charge is 2.19. The number of nitriles is 1. The van der Waals surface area contributed by atoms with Crippen molar-refractivity contribution in [3.8, 4) is 17.7 Å². The molecule has 0 aliphatic carbocycles. The van der Waals surface area contributed by atoms with Gasteiger partial charge in [-0.1, -0.05) is 39.0 Å². The highest BCUT2D eigenvalue weighted by atomic mass is 16.5. The quantitative estimate of drug-likeness (QED) is 0.822. The third-order valence-electron chi connectivity index (χ3n) is 2.71. The van der Waals surface area contributed by atoms with Gasteiger partial charge in [0.1, 0.15) is 17.4 Å². The Morgan fingerprint density at radius 1 is 1.16 bits per heavy atom. The molecule has 0 unspecified atom stereocenters.